The minimum absolute atomic E-state index is 0.117. The van der Waals surface area contributed by atoms with Crippen LogP contribution in [0.5, 0.6) is 0 Å². The average Bonchev–Trinajstić information content (AvgIpc) is 2.43. The molecule has 0 radical (unpaired) electrons. The monoisotopic (exact) mass is 250 g/mol. The molecule has 0 aromatic heterocycles. The summed E-state index contributed by atoms with van der Waals surface area (Å²) in [6, 6.07) is 8.59. The van der Waals surface area contributed by atoms with Gasteiger partial charge in [0.05, 0.1) is 6.61 Å². The summed E-state index contributed by atoms with van der Waals surface area (Å²) >= 11 is 0. The topological polar surface area (TPSA) is 35.5 Å². The Morgan fingerprint density at radius 3 is 2.17 bits per heavy atom. The van der Waals surface area contributed by atoms with E-state index in [4.69, 9.17) is 5.11 Å². The van der Waals surface area contributed by atoms with E-state index in [0.29, 0.717) is 6.04 Å². The second-order valence-electron chi connectivity index (χ2n) is 4.74. The van der Waals surface area contributed by atoms with E-state index >= 15 is 0 Å². The lowest BCUT2D eigenvalue weighted by Crippen LogP contribution is -2.38. The van der Waals surface area contributed by atoms with E-state index in [2.05, 4.69) is 43.1 Å². The number of nitrogens with one attached hydrogen (secondary N) is 1. The molecule has 1 unspecified atom stereocenters. The maximum absolute atomic E-state index is 8.98. The average molecular weight is 250 g/mol. The van der Waals surface area contributed by atoms with Gasteiger partial charge in [0.25, 0.3) is 0 Å². The molecule has 0 fully saturated rings. The highest BCUT2D eigenvalue weighted by Gasteiger charge is 2.06. The Balaban J connectivity index is 2.34. The van der Waals surface area contributed by atoms with Crippen molar-refractivity contribution < 1.29 is 5.11 Å². The third kappa shape index (κ3) is 5.17. The van der Waals surface area contributed by atoms with Gasteiger partial charge in [-0.15, -0.1) is 0 Å². The van der Waals surface area contributed by atoms with Crippen LogP contribution in [0.2, 0.25) is 0 Å². The molecule has 3 nitrogen and oxygen atoms in total. The molecule has 3 heteroatoms. The first kappa shape index (κ1) is 15.2. The predicted molar refractivity (Wildman–Crippen MR) is 76.5 cm³/mol. The highest BCUT2D eigenvalue weighted by molar-refractivity contribution is 5.21. The molecule has 0 heterocycles. The molecular weight excluding hydrogens is 224 g/mol. The zero-order valence-electron chi connectivity index (χ0n) is 11.8. The summed E-state index contributed by atoms with van der Waals surface area (Å²) in [7, 11) is 0. The number of hydrogen-bond acceptors (Lipinski definition) is 3. The minimum atomic E-state index is 0.117. The number of hydrogen-bond donors (Lipinski definition) is 2. The lowest BCUT2D eigenvalue weighted by atomic mass is 10.1. The number of nitrogens with zero attached hydrogens (tertiary/aromatic N) is 1. The van der Waals surface area contributed by atoms with Gasteiger partial charge in [-0.1, -0.05) is 38.1 Å². The van der Waals surface area contributed by atoms with Crippen molar-refractivity contribution in [3.63, 3.8) is 0 Å². The molecule has 0 saturated carbocycles. The molecule has 0 spiro atoms. The molecule has 0 aliphatic heterocycles. The Hall–Kier alpha value is -0.900. The van der Waals surface area contributed by atoms with Crippen molar-refractivity contribution in [3.05, 3.63) is 35.4 Å². The first-order chi connectivity index (χ1) is 8.69. The van der Waals surface area contributed by atoms with Crippen LogP contribution in [0.25, 0.3) is 0 Å². The van der Waals surface area contributed by atoms with Crippen LogP contribution in [0.1, 0.15) is 31.9 Å². The van der Waals surface area contributed by atoms with Crippen LogP contribution in [0.3, 0.4) is 0 Å². The zero-order valence-corrected chi connectivity index (χ0v) is 11.8. The van der Waals surface area contributed by atoms with Crippen LogP contribution < -0.4 is 5.32 Å². The molecular formula is C15H26N2O. The van der Waals surface area contributed by atoms with Gasteiger partial charge in [0.2, 0.25) is 0 Å². The molecule has 18 heavy (non-hydrogen) atoms. The van der Waals surface area contributed by atoms with Crippen molar-refractivity contribution in [2.75, 3.05) is 19.6 Å². The van der Waals surface area contributed by atoms with Crippen molar-refractivity contribution in [1.82, 2.24) is 10.2 Å². The summed E-state index contributed by atoms with van der Waals surface area (Å²) in [5.74, 6) is 0. The minimum Gasteiger partial charge on any atom is -0.392 e. The summed E-state index contributed by atoms with van der Waals surface area (Å²) in [6.07, 6.45) is 0. The van der Waals surface area contributed by atoms with Gasteiger partial charge >= 0.3 is 0 Å². The number of likely N-dealkylation sites (N-methyl/N-ethyl adjacent to an activating group) is 1. The number of benzene rings is 1. The second-order valence-corrected chi connectivity index (χ2v) is 4.74. The first-order valence-corrected chi connectivity index (χ1v) is 6.84. The van der Waals surface area contributed by atoms with Gasteiger partial charge in [0.15, 0.2) is 0 Å². The van der Waals surface area contributed by atoms with E-state index < -0.39 is 0 Å². The van der Waals surface area contributed by atoms with E-state index in [1.807, 2.05) is 12.1 Å². The van der Waals surface area contributed by atoms with Crippen LogP contribution in [0, 0.1) is 0 Å². The van der Waals surface area contributed by atoms with Gasteiger partial charge in [-0.25, -0.2) is 0 Å². The fourth-order valence-electron chi connectivity index (χ4n) is 1.99. The molecule has 102 valence electrons. The zero-order chi connectivity index (χ0) is 13.4. The molecule has 1 rings (SSSR count). The van der Waals surface area contributed by atoms with Crippen LogP contribution in [-0.2, 0) is 13.2 Å². The Labute approximate surface area is 111 Å². The third-order valence-electron chi connectivity index (χ3n) is 3.29. The summed E-state index contributed by atoms with van der Waals surface area (Å²) in [6.45, 7) is 10.9. The fraction of sp³-hybridized carbons (Fsp3) is 0.600. The third-order valence-corrected chi connectivity index (χ3v) is 3.29. The van der Waals surface area contributed by atoms with Crippen molar-refractivity contribution in [2.24, 2.45) is 0 Å². The van der Waals surface area contributed by atoms with E-state index in [0.717, 1.165) is 31.7 Å². The highest BCUT2D eigenvalue weighted by Crippen LogP contribution is 2.04. The number of aliphatic hydroxyl groups excluding tert-OH is 1. The molecule has 0 aliphatic rings. The summed E-state index contributed by atoms with van der Waals surface area (Å²) in [4.78, 5) is 2.42. The molecule has 1 aromatic rings. The van der Waals surface area contributed by atoms with Gasteiger partial charge in [0, 0.05) is 19.1 Å². The predicted octanol–water partition coefficient (Wildman–Crippen LogP) is 2.00. The molecule has 2 N–H and O–H groups in total. The Morgan fingerprint density at radius 1 is 1.11 bits per heavy atom. The summed E-state index contributed by atoms with van der Waals surface area (Å²) < 4.78 is 0. The summed E-state index contributed by atoms with van der Waals surface area (Å²) in [5.41, 5.74) is 2.23. The SMILES string of the molecule is CCN(CC)CC(C)NCc1ccc(CO)cc1. The van der Waals surface area contributed by atoms with Crippen molar-refractivity contribution >= 4 is 0 Å². The Kier molecular flexibility index (Phi) is 6.94. The number of aliphatic hydroxyl groups is 1. The fourth-order valence-corrected chi connectivity index (χ4v) is 1.99. The van der Waals surface area contributed by atoms with Crippen LogP contribution in [-0.4, -0.2) is 35.7 Å². The molecule has 0 bridgehead atoms. The normalized spacial score (nSPS) is 12.9. The molecule has 1 atom stereocenters. The van der Waals surface area contributed by atoms with Crippen LogP contribution in [0.4, 0.5) is 0 Å². The smallest absolute Gasteiger partial charge is 0.0681 e. The second kappa shape index (κ2) is 8.25. The molecule has 0 amide bonds. The van der Waals surface area contributed by atoms with Gasteiger partial charge in [-0.3, -0.25) is 0 Å². The molecule has 0 saturated heterocycles. The van der Waals surface area contributed by atoms with E-state index in [1.54, 1.807) is 0 Å². The lowest BCUT2D eigenvalue weighted by molar-refractivity contribution is 0.270. The van der Waals surface area contributed by atoms with Crippen LogP contribution in [0.15, 0.2) is 24.3 Å². The standard InChI is InChI=1S/C15H26N2O/c1-4-17(5-2)11-13(3)16-10-14-6-8-15(12-18)9-7-14/h6-9,13,16,18H,4-5,10-12H2,1-3H3. The highest BCUT2D eigenvalue weighted by atomic mass is 16.3. The maximum Gasteiger partial charge on any atom is 0.0681 e. The lowest BCUT2D eigenvalue weighted by Gasteiger charge is -2.23. The quantitative estimate of drug-likeness (QED) is 0.741. The summed E-state index contributed by atoms with van der Waals surface area (Å²) in [5, 5.41) is 12.5. The molecule has 1 aromatic carbocycles. The van der Waals surface area contributed by atoms with Crippen LogP contribution >= 0.6 is 0 Å². The van der Waals surface area contributed by atoms with Crippen molar-refractivity contribution in [3.8, 4) is 0 Å². The first-order valence-electron chi connectivity index (χ1n) is 6.84. The van der Waals surface area contributed by atoms with E-state index in [1.165, 1.54) is 5.56 Å². The van der Waals surface area contributed by atoms with Gasteiger partial charge in [-0.05, 0) is 31.1 Å². The number of rotatable bonds is 8. The van der Waals surface area contributed by atoms with E-state index in [-0.39, 0.29) is 6.61 Å². The van der Waals surface area contributed by atoms with Gasteiger partial charge < -0.3 is 15.3 Å². The largest absolute Gasteiger partial charge is 0.392 e. The van der Waals surface area contributed by atoms with Gasteiger partial charge in [-0.2, -0.15) is 0 Å². The van der Waals surface area contributed by atoms with E-state index in [9.17, 15) is 0 Å². The Morgan fingerprint density at radius 2 is 1.67 bits per heavy atom. The maximum atomic E-state index is 8.98. The van der Waals surface area contributed by atoms with Crippen molar-refractivity contribution in [2.45, 2.75) is 40.0 Å². The molecule has 0 aliphatic carbocycles. The Bertz CT molecular complexity index is 320. The van der Waals surface area contributed by atoms with Gasteiger partial charge in [0.1, 0.15) is 0 Å². The van der Waals surface area contributed by atoms with Crippen molar-refractivity contribution in [1.29, 1.82) is 0 Å².